The summed E-state index contributed by atoms with van der Waals surface area (Å²) in [7, 11) is 1.64. The molecule has 0 radical (unpaired) electrons. The number of methoxy groups -OCH3 is 1. The van der Waals surface area contributed by atoms with Crippen molar-refractivity contribution in [1.82, 2.24) is 0 Å². The molecule has 0 aliphatic carbocycles. The van der Waals surface area contributed by atoms with Crippen molar-refractivity contribution >= 4 is 22.5 Å². The molecule has 2 aromatic rings. The van der Waals surface area contributed by atoms with Crippen LogP contribution in [0.4, 0.5) is 5.69 Å². The van der Waals surface area contributed by atoms with Gasteiger partial charge < -0.3 is 4.74 Å². The monoisotopic (exact) mass is 259 g/mol. The molecule has 2 nitrogen and oxygen atoms in total. The van der Waals surface area contributed by atoms with E-state index in [2.05, 4.69) is 4.99 Å². The minimum absolute atomic E-state index is 0.486. The van der Waals surface area contributed by atoms with Crippen LogP contribution in [-0.2, 0) is 0 Å². The van der Waals surface area contributed by atoms with Crippen molar-refractivity contribution < 1.29 is 4.74 Å². The van der Waals surface area contributed by atoms with Crippen molar-refractivity contribution in [3.8, 4) is 5.75 Å². The van der Waals surface area contributed by atoms with E-state index in [0.717, 1.165) is 17.0 Å². The molecular formula is C15H14ClNO. The first-order valence-corrected chi connectivity index (χ1v) is 6.02. The van der Waals surface area contributed by atoms with Gasteiger partial charge >= 0.3 is 0 Å². The molecule has 0 spiro atoms. The number of benzene rings is 2. The fourth-order valence-corrected chi connectivity index (χ4v) is 1.75. The number of rotatable bonds is 3. The van der Waals surface area contributed by atoms with Gasteiger partial charge in [-0.2, -0.15) is 0 Å². The highest BCUT2D eigenvalue weighted by Crippen LogP contribution is 2.20. The second-order valence-corrected chi connectivity index (χ2v) is 4.32. The SMILES string of the molecule is COc1ccc(N=C(Cl)c2ccc(C)cc2)cc1. The second-order valence-electron chi connectivity index (χ2n) is 3.97. The number of aryl methyl sites for hydroxylation is 1. The van der Waals surface area contributed by atoms with Gasteiger partial charge in [0.15, 0.2) is 0 Å². The van der Waals surface area contributed by atoms with E-state index >= 15 is 0 Å². The first-order chi connectivity index (χ1) is 8.69. The summed E-state index contributed by atoms with van der Waals surface area (Å²) in [6.45, 7) is 2.04. The van der Waals surface area contributed by atoms with Gasteiger partial charge in [0.1, 0.15) is 10.9 Å². The van der Waals surface area contributed by atoms with Crippen LogP contribution in [0, 0.1) is 6.92 Å². The van der Waals surface area contributed by atoms with Gasteiger partial charge in [-0.05, 0) is 31.2 Å². The Bertz CT molecular complexity index is 544. The van der Waals surface area contributed by atoms with Gasteiger partial charge in [-0.25, -0.2) is 4.99 Å². The Morgan fingerprint density at radius 3 is 2.17 bits per heavy atom. The molecule has 0 heterocycles. The van der Waals surface area contributed by atoms with Crippen LogP contribution < -0.4 is 4.74 Å². The molecule has 0 bridgehead atoms. The van der Waals surface area contributed by atoms with E-state index in [1.54, 1.807) is 7.11 Å². The zero-order valence-electron chi connectivity index (χ0n) is 10.4. The van der Waals surface area contributed by atoms with E-state index in [9.17, 15) is 0 Å². The summed E-state index contributed by atoms with van der Waals surface area (Å²) in [6, 6.07) is 15.4. The third kappa shape index (κ3) is 3.11. The first-order valence-electron chi connectivity index (χ1n) is 5.64. The molecule has 92 valence electrons. The molecular weight excluding hydrogens is 246 g/mol. The summed E-state index contributed by atoms with van der Waals surface area (Å²) >= 11 is 6.19. The van der Waals surface area contributed by atoms with Crippen LogP contribution in [0.5, 0.6) is 5.75 Å². The molecule has 0 aliphatic heterocycles. The topological polar surface area (TPSA) is 21.6 Å². The van der Waals surface area contributed by atoms with Crippen LogP contribution in [-0.4, -0.2) is 12.3 Å². The Hall–Kier alpha value is -1.80. The molecule has 0 unspecified atom stereocenters. The third-order valence-corrected chi connectivity index (χ3v) is 2.89. The minimum Gasteiger partial charge on any atom is -0.497 e. The molecule has 0 fully saturated rings. The summed E-state index contributed by atoms with van der Waals surface area (Å²) in [5.74, 6) is 0.806. The predicted octanol–water partition coefficient (Wildman–Crippen LogP) is 4.32. The van der Waals surface area contributed by atoms with E-state index in [1.165, 1.54) is 5.56 Å². The summed E-state index contributed by atoms with van der Waals surface area (Å²) in [4.78, 5) is 4.36. The quantitative estimate of drug-likeness (QED) is 0.752. The molecule has 0 saturated heterocycles. The molecule has 0 N–H and O–H groups in total. The standard InChI is InChI=1S/C15H14ClNO/c1-11-3-5-12(6-4-11)15(16)17-13-7-9-14(18-2)10-8-13/h3-10H,1-2H3. The Balaban J connectivity index is 2.23. The molecule has 0 amide bonds. The normalized spacial score (nSPS) is 11.4. The van der Waals surface area contributed by atoms with Crippen LogP contribution in [0.15, 0.2) is 53.5 Å². The molecule has 3 heteroatoms. The molecule has 0 saturated carbocycles. The van der Waals surface area contributed by atoms with E-state index < -0.39 is 0 Å². The Kier molecular flexibility index (Phi) is 4.00. The number of ether oxygens (including phenoxy) is 1. The zero-order chi connectivity index (χ0) is 13.0. The number of hydrogen-bond donors (Lipinski definition) is 0. The maximum Gasteiger partial charge on any atom is 0.136 e. The van der Waals surface area contributed by atoms with Gasteiger partial charge in [0, 0.05) is 5.56 Å². The van der Waals surface area contributed by atoms with Gasteiger partial charge in [0.05, 0.1) is 12.8 Å². The Morgan fingerprint density at radius 1 is 1.00 bits per heavy atom. The smallest absolute Gasteiger partial charge is 0.136 e. The first kappa shape index (κ1) is 12.7. The summed E-state index contributed by atoms with van der Waals surface area (Å²) in [6.07, 6.45) is 0. The van der Waals surface area contributed by atoms with Crippen molar-refractivity contribution in [3.05, 3.63) is 59.7 Å². The summed E-state index contributed by atoms with van der Waals surface area (Å²) < 4.78 is 5.09. The van der Waals surface area contributed by atoms with E-state index in [-0.39, 0.29) is 0 Å². The van der Waals surface area contributed by atoms with Crippen LogP contribution in [0.25, 0.3) is 0 Å². The van der Waals surface area contributed by atoms with Gasteiger partial charge in [0.2, 0.25) is 0 Å². The molecule has 2 rings (SSSR count). The molecule has 2 aromatic carbocycles. The van der Waals surface area contributed by atoms with E-state index in [1.807, 2.05) is 55.5 Å². The van der Waals surface area contributed by atoms with Gasteiger partial charge in [-0.15, -0.1) is 0 Å². The number of hydrogen-bond acceptors (Lipinski definition) is 2. The zero-order valence-corrected chi connectivity index (χ0v) is 11.1. The second kappa shape index (κ2) is 5.69. The average Bonchev–Trinajstić information content (AvgIpc) is 2.40. The highest BCUT2D eigenvalue weighted by atomic mass is 35.5. The highest BCUT2D eigenvalue weighted by Gasteiger charge is 2.00. The van der Waals surface area contributed by atoms with Crippen molar-refractivity contribution in [1.29, 1.82) is 0 Å². The maximum absolute atomic E-state index is 6.19. The Labute approximate surface area is 112 Å². The number of nitrogens with zero attached hydrogens (tertiary/aromatic N) is 1. The molecule has 0 aromatic heterocycles. The fourth-order valence-electron chi connectivity index (χ4n) is 1.53. The summed E-state index contributed by atoms with van der Waals surface area (Å²) in [5.41, 5.74) is 2.92. The van der Waals surface area contributed by atoms with Crippen LogP contribution in [0.1, 0.15) is 11.1 Å². The largest absolute Gasteiger partial charge is 0.497 e. The number of halogens is 1. The molecule has 0 atom stereocenters. The highest BCUT2D eigenvalue weighted by molar-refractivity contribution is 6.69. The lowest BCUT2D eigenvalue weighted by atomic mass is 10.2. The average molecular weight is 260 g/mol. The number of aliphatic imine (C=N–C) groups is 1. The Morgan fingerprint density at radius 2 is 1.61 bits per heavy atom. The van der Waals surface area contributed by atoms with Gasteiger partial charge in [0.25, 0.3) is 0 Å². The van der Waals surface area contributed by atoms with Crippen molar-refractivity contribution in [2.75, 3.05) is 7.11 Å². The lowest BCUT2D eigenvalue weighted by molar-refractivity contribution is 0.415. The van der Waals surface area contributed by atoms with Crippen molar-refractivity contribution in [2.24, 2.45) is 4.99 Å². The van der Waals surface area contributed by atoms with Crippen LogP contribution in [0.2, 0.25) is 0 Å². The third-order valence-electron chi connectivity index (χ3n) is 2.59. The lowest BCUT2D eigenvalue weighted by Crippen LogP contribution is -1.90. The molecule has 0 aliphatic rings. The molecule has 18 heavy (non-hydrogen) atoms. The van der Waals surface area contributed by atoms with Crippen molar-refractivity contribution in [3.63, 3.8) is 0 Å². The van der Waals surface area contributed by atoms with E-state index in [0.29, 0.717) is 5.17 Å². The fraction of sp³-hybridized carbons (Fsp3) is 0.133. The lowest BCUT2D eigenvalue weighted by Gasteiger charge is -2.01. The van der Waals surface area contributed by atoms with Crippen molar-refractivity contribution in [2.45, 2.75) is 6.92 Å². The minimum atomic E-state index is 0.486. The summed E-state index contributed by atoms with van der Waals surface area (Å²) in [5, 5.41) is 0.486. The van der Waals surface area contributed by atoms with Crippen LogP contribution >= 0.6 is 11.6 Å². The van der Waals surface area contributed by atoms with E-state index in [4.69, 9.17) is 16.3 Å². The maximum atomic E-state index is 6.19. The predicted molar refractivity (Wildman–Crippen MR) is 76.2 cm³/mol. The van der Waals surface area contributed by atoms with Gasteiger partial charge in [-0.1, -0.05) is 41.4 Å². The van der Waals surface area contributed by atoms with Crippen LogP contribution in [0.3, 0.4) is 0 Å². The van der Waals surface area contributed by atoms with Gasteiger partial charge in [-0.3, -0.25) is 0 Å².